The van der Waals surface area contributed by atoms with E-state index in [1.807, 2.05) is 33.3 Å². The maximum atomic E-state index is 3.34. The number of hydrogen-bond acceptors (Lipinski definition) is 4. The number of rotatable bonds is 6. The summed E-state index contributed by atoms with van der Waals surface area (Å²) in [5, 5.41) is 9.78. The first-order valence-corrected chi connectivity index (χ1v) is 6.72. The molecule has 0 aliphatic heterocycles. The maximum Gasteiger partial charge on any atom is 0.0849 e. The van der Waals surface area contributed by atoms with Crippen molar-refractivity contribution in [1.29, 1.82) is 0 Å². The van der Waals surface area contributed by atoms with E-state index in [0.717, 1.165) is 17.1 Å². The topological polar surface area (TPSA) is 39.3 Å². The van der Waals surface area contributed by atoms with Gasteiger partial charge in [0.1, 0.15) is 0 Å². The first-order chi connectivity index (χ1) is 9.69. The van der Waals surface area contributed by atoms with Crippen LogP contribution in [-0.2, 0) is 0 Å². The van der Waals surface area contributed by atoms with Crippen molar-refractivity contribution in [3.05, 3.63) is 48.5 Å². The van der Waals surface area contributed by atoms with Gasteiger partial charge in [-0.05, 0) is 48.5 Å². The quantitative estimate of drug-likeness (QED) is 0.704. The van der Waals surface area contributed by atoms with Gasteiger partial charge in [0.05, 0.1) is 6.67 Å². The molecule has 0 radical (unpaired) electrons. The van der Waals surface area contributed by atoms with E-state index in [1.165, 1.54) is 5.69 Å². The molecule has 4 heteroatoms. The number of hydrogen-bond donors (Lipinski definition) is 3. The van der Waals surface area contributed by atoms with Crippen molar-refractivity contribution in [1.82, 2.24) is 0 Å². The predicted molar refractivity (Wildman–Crippen MR) is 88.9 cm³/mol. The van der Waals surface area contributed by atoms with Gasteiger partial charge in [-0.2, -0.15) is 0 Å². The molecule has 0 aliphatic carbocycles. The van der Waals surface area contributed by atoms with Crippen LogP contribution in [0.15, 0.2) is 48.5 Å². The number of anilines is 4. The van der Waals surface area contributed by atoms with E-state index < -0.39 is 0 Å². The van der Waals surface area contributed by atoms with Gasteiger partial charge in [0.25, 0.3) is 0 Å². The summed E-state index contributed by atoms with van der Waals surface area (Å²) >= 11 is 0. The van der Waals surface area contributed by atoms with Crippen molar-refractivity contribution in [2.45, 2.75) is 0 Å². The lowest BCUT2D eigenvalue weighted by molar-refractivity contribution is 1.13. The van der Waals surface area contributed by atoms with Crippen LogP contribution in [-0.4, -0.2) is 27.8 Å². The van der Waals surface area contributed by atoms with Gasteiger partial charge in [0.15, 0.2) is 0 Å². The van der Waals surface area contributed by atoms with Crippen LogP contribution in [0.1, 0.15) is 0 Å². The average Bonchev–Trinajstić information content (AvgIpc) is 2.48. The molecule has 0 spiro atoms. The zero-order chi connectivity index (χ0) is 14.4. The summed E-state index contributed by atoms with van der Waals surface area (Å²) in [7, 11) is 6.00. The Morgan fingerprint density at radius 3 is 1.65 bits per heavy atom. The summed E-state index contributed by atoms with van der Waals surface area (Å²) < 4.78 is 0. The zero-order valence-corrected chi connectivity index (χ0v) is 12.3. The molecule has 0 atom stereocenters. The van der Waals surface area contributed by atoms with Gasteiger partial charge < -0.3 is 20.9 Å². The van der Waals surface area contributed by atoms with E-state index in [0.29, 0.717) is 6.67 Å². The zero-order valence-electron chi connectivity index (χ0n) is 12.3. The molecule has 2 aromatic rings. The monoisotopic (exact) mass is 270 g/mol. The van der Waals surface area contributed by atoms with E-state index in [9.17, 15) is 0 Å². The molecule has 0 fully saturated rings. The summed E-state index contributed by atoms with van der Waals surface area (Å²) in [6.07, 6.45) is 0. The van der Waals surface area contributed by atoms with Gasteiger partial charge in [-0.15, -0.1) is 0 Å². The minimum Gasteiger partial charge on any atom is -0.388 e. The third-order valence-corrected chi connectivity index (χ3v) is 3.14. The van der Waals surface area contributed by atoms with Crippen molar-refractivity contribution in [2.75, 3.05) is 48.7 Å². The van der Waals surface area contributed by atoms with Crippen LogP contribution in [0.25, 0.3) is 0 Å². The molecule has 0 heterocycles. The van der Waals surface area contributed by atoms with E-state index in [1.54, 1.807) is 0 Å². The SMILES string of the molecule is CNc1ccc(NCNc2ccc(N(C)C)cc2)cc1. The summed E-state index contributed by atoms with van der Waals surface area (Å²) in [5.74, 6) is 0. The predicted octanol–water partition coefficient (Wildman–Crippen LogP) is 3.28. The molecule has 0 saturated heterocycles. The second kappa shape index (κ2) is 6.70. The van der Waals surface area contributed by atoms with Crippen molar-refractivity contribution in [2.24, 2.45) is 0 Å². The van der Waals surface area contributed by atoms with Gasteiger partial charge in [-0.3, -0.25) is 0 Å². The molecule has 0 unspecified atom stereocenters. The molecule has 106 valence electrons. The third kappa shape index (κ3) is 3.82. The maximum absolute atomic E-state index is 3.34. The lowest BCUT2D eigenvalue weighted by atomic mass is 10.2. The van der Waals surface area contributed by atoms with Gasteiger partial charge >= 0.3 is 0 Å². The Balaban J connectivity index is 1.82. The number of benzene rings is 2. The van der Waals surface area contributed by atoms with E-state index in [-0.39, 0.29) is 0 Å². The van der Waals surface area contributed by atoms with Crippen LogP contribution in [0, 0.1) is 0 Å². The third-order valence-electron chi connectivity index (χ3n) is 3.14. The van der Waals surface area contributed by atoms with Gasteiger partial charge in [0, 0.05) is 43.9 Å². The fraction of sp³-hybridized carbons (Fsp3) is 0.250. The Morgan fingerprint density at radius 1 is 0.750 bits per heavy atom. The Labute approximate surface area is 120 Å². The molecule has 4 nitrogen and oxygen atoms in total. The average molecular weight is 270 g/mol. The Hall–Kier alpha value is -2.36. The van der Waals surface area contributed by atoms with Crippen LogP contribution in [0.5, 0.6) is 0 Å². The largest absolute Gasteiger partial charge is 0.388 e. The Kier molecular flexibility index (Phi) is 4.71. The molecule has 0 saturated carbocycles. The van der Waals surface area contributed by atoms with E-state index in [4.69, 9.17) is 0 Å². The molecular formula is C16H22N4. The summed E-state index contributed by atoms with van der Waals surface area (Å²) in [6.45, 7) is 0.695. The Bertz CT molecular complexity index is 517. The first kappa shape index (κ1) is 14.1. The standard InChI is InChI=1S/C16H22N4/c1-17-13-4-6-14(7-5-13)18-12-19-15-8-10-16(11-9-15)20(2)3/h4-11,17-19H,12H2,1-3H3. The second-order valence-electron chi connectivity index (χ2n) is 4.80. The Morgan fingerprint density at radius 2 is 1.20 bits per heavy atom. The van der Waals surface area contributed by atoms with Crippen LogP contribution in [0.4, 0.5) is 22.7 Å². The highest BCUT2D eigenvalue weighted by atomic mass is 15.1. The number of nitrogens with one attached hydrogen (secondary N) is 3. The highest BCUT2D eigenvalue weighted by Crippen LogP contribution is 2.16. The smallest absolute Gasteiger partial charge is 0.0849 e. The summed E-state index contributed by atoms with van der Waals surface area (Å²) in [5.41, 5.74) is 4.52. The molecule has 0 aromatic heterocycles. The van der Waals surface area contributed by atoms with Crippen LogP contribution < -0.4 is 20.9 Å². The van der Waals surface area contributed by atoms with E-state index in [2.05, 4.69) is 57.2 Å². The fourth-order valence-corrected chi connectivity index (χ4v) is 1.88. The molecule has 20 heavy (non-hydrogen) atoms. The van der Waals surface area contributed by atoms with E-state index >= 15 is 0 Å². The van der Waals surface area contributed by atoms with Crippen molar-refractivity contribution in [3.63, 3.8) is 0 Å². The van der Waals surface area contributed by atoms with Crippen molar-refractivity contribution < 1.29 is 0 Å². The van der Waals surface area contributed by atoms with Crippen molar-refractivity contribution >= 4 is 22.7 Å². The lowest BCUT2D eigenvalue weighted by Crippen LogP contribution is -2.12. The highest BCUT2D eigenvalue weighted by molar-refractivity contribution is 5.56. The highest BCUT2D eigenvalue weighted by Gasteiger charge is 1.96. The molecule has 2 aromatic carbocycles. The van der Waals surface area contributed by atoms with Crippen molar-refractivity contribution in [3.8, 4) is 0 Å². The molecule has 3 N–H and O–H groups in total. The summed E-state index contributed by atoms with van der Waals surface area (Å²) in [6, 6.07) is 16.6. The first-order valence-electron chi connectivity index (χ1n) is 6.72. The van der Waals surface area contributed by atoms with Crippen LogP contribution in [0.3, 0.4) is 0 Å². The normalized spacial score (nSPS) is 9.95. The lowest BCUT2D eigenvalue weighted by Gasteiger charge is -2.14. The van der Waals surface area contributed by atoms with Crippen LogP contribution >= 0.6 is 0 Å². The van der Waals surface area contributed by atoms with Crippen LogP contribution in [0.2, 0.25) is 0 Å². The molecule has 0 bridgehead atoms. The fourth-order valence-electron chi connectivity index (χ4n) is 1.88. The number of nitrogens with zero attached hydrogens (tertiary/aromatic N) is 1. The molecule has 0 aliphatic rings. The molecule has 2 rings (SSSR count). The minimum absolute atomic E-state index is 0.695. The van der Waals surface area contributed by atoms with Gasteiger partial charge in [-0.25, -0.2) is 0 Å². The molecule has 0 amide bonds. The second-order valence-corrected chi connectivity index (χ2v) is 4.80. The molecular weight excluding hydrogens is 248 g/mol. The minimum atomic E-state index is 0.695. The van der Waals surface area contributed by atoms with Gasteiger partial charge in [0.2, 0.25) is 0 Å². The van der Waals surface area contributed by atoms with Gasteiger partial charge in [-0.1, -0.05) is 0 Å². The summed E-state index contributed by atoms with van der Waals surface area (Å²) in [4.78, 5) is 2.09.